The molecule has 0 heterocycles. The highest BCUT2D eigenvalue weighted by molar-refractivity contribution is 6.31. The van der Waals surface area contributed by atoms with E-state index >= 15 is 0 Å². The summed E-state index contributed by atoms with van der Waals surface area (Å²) in [6.45, 7) is 6.49. The van der Waals surface area contributed by atoms with Crippen molar-refractivity contribution in [3.8, 4) is 0 Å². The van der Waals surface area contributed by atoms with Crippen molar-refractivity contribution in [1.29, 1.82) is 0 Å². The third-order valence-electron chi connectivity index (χ3n) is 2.84. The Labute approximate surface area is 108 Å². The Kier molecular flexibility index (Phi) is 6.53. The molecule has 0 aliphatic rings. The van der Waals surface area contributed by atoms with E-state index in [0.717, 1.165) is 37.9 Å². The summed E-state index contributed by atoms with van der Waals surface area (Å²) in [6.07, 6.45) is 3.15. The Morgan fingerprint density at radius 3 is 2.82 bits per heavy atom. The molecule has 96 valence electrons. The number of aryl methyl sites for hydroxylation is 1. The average molecular weight is 258 g/mol. The van der Waals surface area contributed by atoms with Crippen molar-refractivity contribution in [3.05, 3.63) is 34.6 Å². The van der Waals surface area contributed by atoms with Crippen molar-refractivity contribution < 1.29 is 4.39 Å². The van der Waals surface area contributed by atoms with Crippen LogP contribution in [0.3, 0.4) is 0 Å². The normalized spacial score (nSPS) is 12.7. The molecule has 0 aliphatic heterocycles. The maximum absolute atomic E-state index is 12.9. The van der Waals surface area contributed by atoms with Gasteiger partial charge in [0.25, 0.3) is 0 Å². The minimum absolute atomic E-state index is 0.267. The number of hydrogen-bond donors (Lipinski definition) is 1. The lowest BCUT2D eigenvalue weighted by molar-refractivity contribution is 0.481. The zero-order valence-corrected chi connectivity index (χ0v) is 11.4. The van der Waals surface area contributed by atoms with Crippen LogP contribution in [-0.4, -0.2) is 13.1 Å². The molecule has 1 rings (SSSR count). The Morgan fingerprint density at radius 1 is 1.41 bits per heavy atom. The third kappa shape index (κ3) is 5.51. The van der Waals surface area contributed by atoms with Crippen LogP contribution in [0.1, 0.15) is 32.3 Å². The van der Waals surface area contributed by atoms with Crippen molar-refractivity contribution in [2.45, 2.75) is 33.1 Å². The molecule has 1 N–H and O–H groups in total. The van der Waals surface area contributed by atoms with Crippen LogP contribution in [0.5, 0.6) is 0 Å². The Balaban J connectivity index is 2.34. The molecule has 0 aliphatic carbocycles. The van der Waals surface area contributed by atoms with Crippen LogP contribution in [0.25, 0.3) is 0 Å². The van der Waals surface area contributed by atoms with Gasteiger partial charge in [0, 0.05) is 5.02 Å². The highest BCUT2D eigenvalue weighted by Crippen LogP contribution is 2.20. The molecule has 0 aromatic heterocycles. The molecule has 1 unspecified atom stereocenters. The van der Waals surface area contributed by atoms with Gasteiger partial charge in [0.05, 0.1) is 0 Å². The van der Waals surface area contributed by atoms with E-state index in [1.165, 1.54) is 12.1 Å². The first-order valence-corrected chi connectivity index (χ1v) is 6.66. The van der Waals surface area contributed by atoms with E-state index in [1.807, 2.05) is 0 Å². The molecule has 1 aromatic rings. The first-order chi connectivity index (χ1) is 8.13. The van der Waals surface area contributed by atoms with E-state index in [9.17, 15) is 4.39 Å². The summed E-state index contributed by atoms with van der Waals surface area (Å²) in [6, 6.07) is 4.64. The molecule has 0 saturated carbocycles. The predicted molar refractivity (Wildman–Crippen MR) is 72.1 cm³/mol. The van der Waals surface area contributed by atoms with E-state index in [1.54, 1.807) is 6.07 Å². The quantitative estimate of drug-likeness (QED) is 0.727. The lowest BCUT2D eigenvalue weighted by Gasteiger charge is -2.12. The highest BCUT2D eigenvalue weighted by Gasteiger charge is 2.05. The maximum Gasteiger partial charge on any atom is 0.124 e. The molecule has 1 aromatic carbocycles. The molecule has 0 amide bonds. The maximum atomic E-state index is 12.9. The second-order valence-corrected chi connectivity index (χ2v) is 4.99. The van der Waals surface area contributed by atoms with Gasteiger partial charge in [0.2, 0.25) is 0 Å². The molecule has 0 radical (unpaired) electrons. The number of rotatable bonds is 7. The van der Waals surface area contributed by atoms with E-state index in [4.69, 9.17) is 11.6 Å². The Bertz CT molecular complexity index is 341. The summed E-state index contributed by atoms with van der Waals surface area (Å²) in [5.41, 5.74) is 1.04. The van der Waals surface area contributed by atoms with E-state index in [-0.39, 0.29) is 5.82 Å². The van der Waals surface area contributed by atoms with Gasteiger partial charge in [0.15, 0.2) is 0 Å². The third-order valence-corrected chi connectivity index (χ3v) is 3.19. The molecular formula is C14H21ClFN. The van der Waals surface area contributed by atoms with Gasteiger partial charge in [-0.05, 0) is 56.0 Å². The van der Waals surface area contributed by atoms with Crippen molar-refractivity contribution in [3.63, 3.8) is 0 Å². The number of benzene rings is 1. The van der Waals surface area contributed by atoms with Crippen LogP contribution >= 0.6 is 11.6 Å². The first kappa shape index (κ1) is 14.5. The summed E-state index contributed by atoms with van der Waals surface area (Å²) in [5.74, 6) is 0.346. The Hall–Kier alpha value is -0.600. The number of nitrogens with one attached hydrogen (secondary N) is 1. The lowest BCUT2D eigenvalue weighted by Crippen LogP contribution is -2.22. The standard InChI is InChI=1S/C14H21ClFN/c1-3-8-17-10-11(2)4-5-12-6-7-13(16)9-14(12)15/h6-7,9,11,17H,3-5,8,10H2,1-2H3. The molecular weight excluding hydrogens is 237 g/mol. The average Bonchev–Trinajstić information content (AvgIpc) is 2.28. The van der Waals surface area contributed by atoms with Gasteiger partial charge in [-0.1, -0.05) is 31.5 Å². The van der Waals surface area contributed by atoms with Gasteiger partial charge in [0.1, 0.15) is 5.82 Å². The molecule has 0 bridgehead atoms. The van der Waals surface area contributed by atoms with Crippen molar-refractivity contribution in [2.75, 3.05) is 13.1 Å². The molecule has 17 heavy (non-hydrogen) atoms. The van der Waals surface area contributed by atoms with Gasteiger partial charge < -0.3 is 5.32 Å². The highest BCUT2D eigenvalue weighted by atomic mass is 35.5. The van der Waals surface area contributed by atoms with Gasteiger partial charge >= 0.3 is 0 Å². The second-order valence-electron chi connectivity index (χ2n) is 4.58. The molecule has 0 saturated heterocycles. The van der Waals surface area contributed by atoms with Crippen LogP contribution < -0.4 is 5.32 Å². The fourth-order valence-electron chi connectivity index (χ4n) is 1.75. The molecule has 1 nitrogen and oxygen atoms in total. The van der Waals surface area contributed by atoms with Gasteiger partial charge in [-0.15, -0.1) is 0 Å². The molecule has 1 atom stereocenters. The predicted octanol–water partition coefficient (Wildman–Crippen LogP) is 4.05. The van der Waals surface area contributed by atoms with Crippen molar-refractivity contribution in [1.82, 2.24) is 5.32 Å². The Morgan fingerprint density at radius 2 is 2.18 bits per heavy atom. The zero-order valence-electron chi connectivity index (χ0n) is 10.6. The second kappa shape index (κ2) is 7.67. The van der Waals surface area contributed by atoms with E-state index in [2.05, 4.69) is 19.2 Å². The van der Waals surface area contributed by atoms with Crippen LogP contribution in [0, 0.1) is 11.7 Å². The van der Waals surface area contributed by atoms with E-state index in [0.29, 0.717) is 10.9 Å². The van der Waals surface area contributed by atoms with Crippen LogP contribution in [-0.2, 0) is 6.42 Å². The fourth-order valence-corrected chi connectivity index (χ4v) is 2.02. The number of halogens is 2. The van der Waals surface area contributed by atoms with Crippen molar-refractivity contribution in [2.24, 2.45) is 5.92 Å². The molecule has 0 fully saturated rings. The first-order valence-electron chi connectivity index (χ1n) is 6.28. The minimum Gasteiger partial charge on any atom is -0.316 e. The van der Waals surface area contributed by atoms with Gasteiger partial charge in [-0.3, -0.25) is 0 Å². The molecule has 0 spiro atoms. The SMILES string of the molecule is CCCNCC(C)CCc1ccc(F)cc1Cl. The molecule has 3 heteroatoms. The summed E-state index contributed by atoms with van der Waals surface area (Å²) < 4.78 is 12.9. The van der Waals surface area contributed by atoms with Gasteiger partial charge in [-0.2, -0.15) is 0 Å². The summed E-state index contributed by atoms with van der Waals surface area (Å²) in [5, 5.41) is 3.94. The van der Waals surface area contributed by atoms with E-state index < -0.39 is 0 Å². The largest absolute Gasteiger partial charge is 0.316 e. The zero-order chi connectivity index (χ0) is 12.7. The summed E-state index contributed by atoms with van der Waals surface area (Å²) in [7, 11) is 0. The lowest BCUT2D eigenvalue weighted by atomic mass is 10.0. The van der Waals surface area contributed by atoms with Crippen LogP contribution in [0.2, 0.25) is 5.02 Å². The summed E-state index contributed by atoms with van der Waals surface area (Å²) in [4.78, 5) is 0. The van der Waals surface area contributed by atoms with Crippen LogP contribution in [0.4, 0.5) is 4.39 Å². The smallest absolute Gasteiger partial charge is 0.124 e. The monoisotopic (exact) mass is 257 g/mol. The number of hydrogen-bond acceptors (Lipinski definition) is 1. The minimum atomic E-state index is -0.267. The van der Waals surface area contributed by atoms with Crippen LogP contribution in [0.15, 0.2) is 18.2 Å². The van der Waals surface area contributed by atoms with Gasteiger partial charge in [-0.25, -0.2) is 4.39 Å². The van der Waals surface area contributed by atoms with Crippen molar-refractivity contribution >= 4 is 11.6 Å². The topological polar surface area (TPSA) is 12.0 Å². The fraction of sp³-hybridized carbons (Fsp3) is 0.571. The summed E-state index contributed by atoms with van der Waals surface area (Å²) >= 11 is 5.98.